The smallest absolute Gasteiger partial charge is 0.382 e. The number of nitrogens with zero attached hydrogens (tertiary/aromatic N) is 1. The molecule has 1 fully saturated rings. The summed E-state index contributed by atoms with van der Waals surface area (Å²) >= 11 is 5.59. The van der Waals surface area contributed by atoms with Crippen molar-refractivity contribution in [2.75, 3.05) is 5.73 Å². The Bertz CT molecular complexity index is 614. The maximum atomic E-state index is 12.7. The molecule has 0 saturated heterocycles. The normalized spacial score (nSPS) is 18.3. The number of nitrogens with one attached hydrogen (secondary N) is 1. The lowest BCUT2D eigenvalue weighted by atomic mass is 10.3. The van der Waals surface area contributed by atoms with E-state index >= 15 is 0 Å². The Morgan fingerprint density at radius 3 is 2.42 bits per heavy atom. The van der Waals surface area contributed by atoms with Gasteiger partial charge in [-0.2, -0.15) is 17.9 Å². The standard InChI is InChI=1S/C9H9ClF3N3O2S/c10-6-3-5(4-15-7(6)14)19(17,18)16-8(1-2-8)9(11,12)13/h3-4,16H,1-2H2,(H2,14,15). The van der Waals surface area contributed by atoms with Gasteiger partial charge in [-0.25, -0.2) is 13.4 Å². The van der Waals surface area contributed by atoms with Crippen molar-refractivity contribution in [1.29, 1.82) is 0 Å². The van der Waals surface area contributed by atoms with Gasteiger partial charge in [0.1, 0.15) is 16.3 Å². The Kier molecular flexibility index (Phi) is 3.19. The lowest BCUT2D eigenvalue weighted by Crippen LogP contribution is -2.47. The van der Waals surface area contributed by atoms with E-state index in [9.17, 15) is 21.6 Å². The minimum atomic E-state index is -4.63. The molecule has 3 N–H and O–H groups in total. The fraction of sp³-hybridized carbons (Fsp3) is 0.444. The van der Waals surface area contributed by atoms with Crippen molar-refractivity contribution in [3.8, 4) is 0 Å². The van der Waals surface area contributed by atoms with Gasteiger partial charge in [0.25, 0.3) is 0 Å². The average Bonchev–Trinajstić information content (AvgIpc) is 3.01. The van der Waals surface area contributed by atoms with Crippen molar-refractivity contribution in [3.63, 3.8) is 0 Å². The second-order valence-electron chi connectivity index (χ2n) is 4.22. The summed E-state index contributed by atoms with van der Waals surface area (Å²) in [6, 6.07) is 0.957. The summed E-state index contributed by atoms with van der Waals surface area (Å²) in [5.41, 5.74) is 2.93. The van der Waals surface area contributed by atoms with Crippen LogP contribution in [0.25, 0.3) is 0 Å². The second-order valence-corrected chi connectivity index (χ2v) is 6.31. The average molecular weight is 316 g/mol. The molecule has 0 bridgehead atoms. The van der Waals surface area contributed by atoms with Gasteiger partial charge >= 0.3 is 6.18 Å². The number of hydrogen-bond donors (Lipinski definition) is 2. The van der Waals surface area contributed by atoms with Crippen LogP contribution in [0.1, 0.15) is 12.8 Å². The van der Waals surface area contributed by atoms with Crippen LogP contribution in [0.2, 0.25) is 5.02 Å². The molecule has 1 aromatic rings. The highest BCUT2D eigenvalue weighted by molar-refractivity contribution is 7.89. The van der Waals surface area contributed by atoms with Gasteiger partial charge in [0, 0.05) is 6.20 Å². The molecule has 0 unspecified atom stereocenters. The zero-order valence-corrected chi connectivity index (χ0v) is 10.9. The molecule has 10 heteroatoms. The van der Waals surface area contributed by atoms with E-state index in [2.05, 4.69) is 4.98 Å². The topological polar surface area (TPSA) is 85.1 Å². The maximum absolute atomic E-state index is 12.7. The van der Waals surface area contributed by atoms with Crippen LogP contribution in [0.5, 0.6) is 0 Å². The molecule has 0 aliphatic heterocycles. The Hall–Kier alpha value is -1.06. The largest absolute Gasteiger partial charge is 0.407 e. The van der Waals surface area contributed by atoms with Crippen LogP contribution >= 0.6 is 11.6 Å². The third-order valence-corrected chi connectivity index (χ3v) is 4.58. The van der Waals surface area contributed by atoms with Gasteiger partial charge in [-0.1, -0.05) is 11.6 Å². The summed E-state index contributed by atoms with van der Waals surface area (Å²) in [5, 5.41) is -0.139. The second kappa shape index (κ2) is 4.22. The fourth-order valence-electron chi connectivity index (χ4n) is 1.46. The number of anilines is 1. The van der Waals surface area contributed by atoms with E-state index in [1.807, 2.05) is 0 Å². The van der Waals surface area contributed by atoms with Crippen LogP contribution in [0.3, 0.4) is 0 Å². The van der Waals surface area contributed by atoms with E-state index < -0.39 is 26.6 Å². The molecule has 0 atom stereocenters. The highest BCUT2D eigenvalue weighted by Gasteiger charge is 2.65. The molecule has 0 radical (unpaired) electrons. The lowest BCUT2D eigenvalue weighted by Gasteiger charge is -2.20. The Morgan fingerprint density at radius 1 is 1.42 bits per heavy atom. The van der Waals surface area contributed by atoms with Gasteiger partial charge < -0.3 is 5.73 Å². The molecule has 1 aliphatic rings. The van der Waals surface area contributed by atoms with Crippen molar-refractivity contribution in [1.82, 2.24) is 9.71 Å². The molecular weight excluding hydrogens is 307 g/mol. The van der Waals surface area contributed by atoms with Gasteiger partial charge in [-0.05, 0) is 18.9 Å². The summed E-state index contributed by atoms with van der Waals surface area (Å²) in [5.74, 6) is -0.0995. The summed E-state index contributed by atoms with van der Waals surface area (Å²) in [4.78, 5) is 3.05. The van der Waals surface area contributed by atoms with Gasteiger partial charge in [-0.15, -0.1) is 0 Å². The molecule has 1 heterocycles. The molecule has 1 aliphatic carbocycles. The first-order valence-corrected chi connectivity index (χ1v) is 6.95. The van der Waals surface area contributed by atoms with Crippen LogP contribution < -0.4 is 10.5 Å². The van der Waals surface area contributed by atoms with Crippen molar-refractivity contribution in [2.24, 2.45) is 0 Å². The number of sulfonamides is 1. The molecule has 0 spiro atoms. The Morgan fingerprint density at radius 2 is 2.00 bits per heavy atom. The summed E-state index contributed by atoms with van der Waals surface area (Å²) in [6.45, 7) is 0. The molecule has 106 valence electrons. The molecule has 19 heavy (non-hydrogen) atoms. The molecule has 2 rings (SSSR count). The van der Waals surface area contributed by atoms with E-state index in [0.29, 0.717) is 0 Å². The van der Waals surface area contributed by atoms with Crippen LogP contribution in [0, 0.1) is 0 Å². The zero-order valence-electron chi connectivity index (χ0n) is 9.33. The molecule has 1 saturated carbocycles. The minimum absolute atomic E-state index is 0.0995. The molecule has 5 nitrogen and oxygen atoms in total. The number of rotatable bonds is 3. The van der Waals surface area contributed by atoms with E-state index in [1.165, 1.54) is 0 Å². The van der Waals surface area contributed by atoms with Gasteiger partial charge in [0.15, 0.2) is 0 Å². The Balaban J connectivity index is 2.31. The van der Waals surface area contributed by atoms with Crippen molar-refractivity contribution in [3.05, 3.63) is 17.3 Å². The van der Waals surface area contributed by atoms with Crippen LogP contribution in [0.4, 0.5) is 19.0 Å². The van der Waals surface area contributed by atoms with E-state index in [4.69, 9.17) is 17.3 Å². The number of nitrogens with two attached hydrogens (primary N) is 1. The number of aromatic nitrogens is 1. The molecule has 1 aromatic heterocycles. The predicted molar refractivity (Wildman–Crippen MR) is 62.0 cm³/mol. The fourth-order valence-corrected chi connectivity index (χ4v) is 3.11. The predicted octanol–water partition coefficient (Wildman–Crippen LogP) is 1.69. The van der Waals surface area contributed by atoms with Crippen molar-refractivity contribution in [2.45, 2.75) is 29.5 Å². The van der Waals surface area contributed by atoms with Gasteiger partial charge in [0.2, 0.25) is 10.0 Å². The molecular formula is C9H9ClF3N3O2S. The minimum Gasteiger partial charge on any atom is -0.382 e. The highest BCUT2D eigenvalue weighted by atomic mass is 35.5. The van der Waals surface area contributed by atoms with Crippen LogP contribution in [-0.4, -0.2) is 25.1 Å². The van der Waals surface area contributed by atoms with Gasteiger partial charge in [0.05, 0.1) is 5.02 Å². The maximum Gasteiger partial charge on any atom is 0.407 e. The Labute approximate surface area is 112 Å². The summed E-state index contributed by atoms with van der Waals surface area (Å²) < 4.78 is 63.4. The van der Waals surface area contributed by atoms with Crippen molar-refractivity contribution >= 4 is 27.4 Å². The van der Waals surface area contributed by atoms with Crippen molar-refractivity contribution < 1.29 is 21.6 Å². The number of alkyl halides is 3. The first-order valence-electron chi connectivity index (χ1n) is 5.09. The van der Waals surface area contributed by atoms with E-state index in [0.717, 1.165) is 12.3 Å². The molecule has 0 amide bonds. The SMILES string of the molecule is Nc1ncc(S(=O)(=O)NC2(C(F)(F)F)CC2)cc1Cl. The molecule has 0 aromatic carbocycles. The number of nitrogen functional groups attached to an aromatic ring is 1. The van der Waals surface area contributed by atoms with Crippen LogP contribution in [0.15, 0.2) is 17.2 Å². The number of halogens is 4. The van der Waals surface area contributed by atoms with E-state index in [1.54, 1.807) is 4.72 Å². The lowest BCUT2D eigenvalue weighted by molar-refractivity contribution is -0.160. The number of pyridine rings is 1. The first kappa shape index (κ1) is 14.4. The van der Waals surface area contributed by atoms with Crippen LogP contribution in [-0.2, 0) is 10.0 Å². The quantitative estimate of drug-likeness (QED) is 0.889. The van der Waals surface area contributed by atoms with E-state index in [-0.39, 0.29) is 23.7 Å². The third-order valence-electron chi connectivity index (χ3n) is 2.78. The monoisotopic (exact) mass is 315 g/mol. The first-order chi connectivity index (χ1) is 8.57. The van der Waals surface area contributed by atoms with Gasteiger partial charge in [-0.3, -0.25) is 0 Å². The zero-order chi connectivity index (χ0) is 14.5. The summed E-state index contributed by atoms with van der Waals surface area (Å²) in [6.07, 6.45) is -4.35. The third kappa shape index (κ3) is 2.63. The summed E-state index contributed by atoms with van der Waals surface area (Å²) in [7, 11) is -4.35. The number of hydrogen-bond acceptors (Lipinski definition) is 4. The highest BCUT2D eigenvalue weighted by Crippen LogP contribution is 2.49.